The van der Waals surface area contributed by atoms with Gasteiger partial charge < -0.3 is 9.84 Å². The Morgan fingerprint density at radius 2 is 2.28 bits per heavy atom. The number of aromatic nitrogens is 2. The standard InChI is InChI=1S/C13H15FN2O2/c1-2-5-16-8-11(7-15-16)18-13-4-3-10(9-17)6-12(13)14/h3-4,6-8,17H,2,5,9H2,1H3. The molecule has 0 saturated heterocycles. The summed E-state index contributed by atoms with van der Waals surface area (Å²) in [6, 6.07) is 4.37. The Labute approximate surface area is 105 Å². The second-order valence-electron chi connectivity index (χ2n) is 3.96. The summed E-state index contributed by atoms with van der Waals surface area (Å²) >= 11 is 0. The molecule has 4 nitrogen and oxygen atoms in total. The predicted octanol–water partition coefficient (Wildman–Crippen LogP) is 2.72. The quantitative estimate of drug-likeness (QED) is 0.887. The van der Waals surface area contributed by atoms with Crippen LogP contribution in [0.25, 0.3) is 0 Å². The highest BCUT2D eigenvalue weighted by atomic mass is 19.1. The minimum atomic E-state index is -0.496. The van der Waals surface area contributed by atoms with Gasteiger partial charge in [0.05, 0.1) is 19.0 Å². The highest BCUT2D eigenvalue weighted by molar-refractivity contribution is 5.32. The molecular weight excluding hydrogens is 235 g/mol. The van der Waals surface area contributed by atoms with E-state index in [1.165, 1.54) is 12.1 Å². The molecule has 0 radical (unpaired) electrons. The van der Waals surface area contributed by atoms with Crippen molar-refractivity contribution in [2.24, 2.45) is 0 Å². The first-order chi connectivity index (χ1) is 8.72. The number of hydrogen-bond acceptors (Lipinski definition) is 3. The molecule has 0 unspecified atom stereocenters. The molecule has 18 heavy (non-hydrogen) atoms. The van der Waals surface area contributed by atoms with Crippen LogP contribution < -0.4 is 4.74 Å². The molecule has 1 aromatic carbocycles. The lowest BCUT2D eigenvalue weighted by Gasteiger charge is -2.05. The number of nitrogens with zero attached hydrogens (tertiary/aromatic N) is 2. The Morgan fingerprint density at radius 1 is 1.44 bits per heavy atom. The van der Waals surface area contributed by atoms with Crippen LogP contribution in [0.3, 0.4) is 0 Å². The van der Waals surface area contributed by atoms with E-state index in [1.807, 2.05) is 0 Å². The van der Waals surface area contributed by atoms with E-state index in [9.17, 15) is 4.39 Å². The lowest BCUT2D eigenvalue weighted by molar-refractivity contribution is 0.281. The molecule has 0 aliphatic rings. The van der Waals surface area contributed by atoms with Crippen LogP contribution in [-0.4, -0.2) is 14.9 Å². The van der Waals surface area contributed by atoms with Gasteiger partial charge in [-0.15, -0.1) is 0 Å². The van der Waals surface area contributed by atoms with Crippen molar-refractivity contribution in [2.45, 2.75) is 26.5 Å². The van der Waals surface area contributed by atoms with Crippen molar-refractivity contribution in [2.75, 3.05) is 0 Å². The first-order valence-corrected chi connectivity index (χ1v) is 5.82. The van der Waals surface area contributed by atoms with Crippen LogP contribution in [0.15, 0.2) is 30.6 Å². The lowest BCUT2D eigenvalue weighted by atomic mass is 10.2. The van der Waals surface area contributed by atoms with Crippen LogP contribution in [0.1, 0.15) is 18.9 Å². The zero-order chi connectivity index (χ0) is 13.0. The predicted molar refractivity (Wildman–Crippen MR) is 64.9 cm³/mol. The summed E-state index contributed by atoms with van der Waals surface area (Å²) in [5, 5.41) is 13.0. The Balaban J connectivity index is 2.12. The van der Waals surface area contributed by atoms with Crippen molar-refractivity contribution in [1.29, 1.82) is 0 Å². The Hall–Kier alpha value is -1.88. The van der Waals surface area contributed by atoms with Gasteiger partial charge in [0.25, 0.3) is 0 Å². The number of benzene rings is 1. The molecule has 96 valence electrons. The maximum atomic E-state index is 13.6. The largest absolute Gasteiger partial charge is 0.451 e. The highest BCUT2D eigenvalue weighted by Crippen LogP contribution is 2.24. The van der Waals surface area contributed by atoms with Gasteiger partial charge in [-0.05, 0) is 24.1 Å². The first-order valence-electron chi connectivity index (χ1n) is 5.82. The highest BCUT2D eigenvalue weighted by Gasteiger charge is 2.07. The van der Waals surface area contributed by atoms with Crippen LogP contribution in [0, 0.1) is 5.82 Å². The molecule has 1 aromatic heterocycles. The number of aliphatic hydroxyl groups is 1. The number of aryl methyl sites for hydroxylation is 1. The van der Waals surface area contributed by atoms with E-state index < -0.39 is 5.82 Å². The Morgan fingerprint density at radius 3 is 2.94 bits per heavy atom. The van der Waals surface area contributed by atoms with Gasteiger partial charge in [-0.1, -0.05) is 13.0 Å². The van der Waals surface area contributed by atoms with Crippen molar-refractivity contribution in [3.8, 4) is 11.5 Å². The Kier molecular flexibility index (Phi) is 3.94. The fourth-order valence-corrected chi connectivity index (χ4v) is 1.60. The average Bonchev–Trinajstić information content (AvgIpc) is 2.80. The van der Waals surface area contributed by atoms with Crippen molar-refractivity contribution >= 4 is 0 Å². The zero-order valence-corrected chi connectivity index (χ0v) is 10.1. The summed E-state index contributed by atoms with van der Waals surface area (Å²) in [4.78, 5) is 0. The molecule has 0 atom stereocenters. The van der Waals surface area contributed by atoms with E-state index in [4.69, 9.17) is 9.84 Å². The number of hydrogen-bond donors (Lipinski definition) is 1. The van der Waals surface area contributed by atoms with Gasteiger partial charge >= 0.3 is 0 Å². The molecule has 1 N–H and O–H groups in total. The van der Waals surface area contributed by atoms with Crippen molar-refractivity contribution in [3.05, 3.63) is 42.0 Å². The molecule has 0 aliphatic heterocycles. The van der Waals surface area contributed by atoms with Crippen LogP contribution in [-0.2, 0) is 13.2 Å². The van der Waals surface area contributed by atoms with E-state index in [0.717, 1.165) is 13.0 Å². The Bertz CT molecular complexity index is 525. The minimum absolute atomic E-state index is 0.128. The number of rotatable bonds is 5. The topological polar surface area (TPSA) is 47.3 Å². The van der Waals surface area contributed by atoms with Crippen LogP contribution in [0.2, 0.25) is 0 Å². The SMILES string of the molecule is CCCn1cc(Oc2ccc(CO)cc2F)cn1. The monoisotopic (exact) mass is 250 g/mol. The second kappa shape index (κ2) is 5.64. The maximum Gasteiger partial charge on any atom is 0.166 e. The van der Waals surface area contributed by atoms with Gasteiger partial charge in [-0.25, -0.2) is 4.39 Å². The summed E-state index contributed by atoms with van der Waals surface area (Å²) in [5.41, 5.74) is 0.515. The summed E-state index contributed by atoms with van der Waals surface area (Å²) in [6.45, 7) is 2.66. The van der Waals surface area contributed by atoms with E-state index in [-0.39, 0.29) is 12.4 Å². The van der Waals surface area contributed by atoms with Gasteiger partial charge in [-0.2, -0.15) is 5.10 Å². The normalized spacial score (nSPS) is 10.6. The molecule has 2 aromatic rings. The summed E-state index contributed by atoms with van der Waals surface area (Å²) in [6.07, 6.45) is 4.25. The van der Waals surface area contributed by atoms with Crippen LogP contribution in [0.4, 0.5) is 4.39 Å². The van der Waals surface area contributed by atoms with E-state index in [1.54, 1.807) is 23.1 Å². The molecule has 2 rings (SSSR count). The van der Waals surface area contributed by atoms with Gasteiger partial charge in [0.2, 0.25) is 0 Å². The maximum absolute atomic E-state index is 13.6. The molecule has 0 spiro atoms. The first kappa shape index (κ1) is 12.6. The van der Waals surface area contributed by atoms with Gasteiger partial charge in [-0.3, -0.25) is 4.68 Å². The van der Waals surface area contributed by atoms with Gasteiger partial charge in [0.1, 0.15) is 0 Å². The number of halogens is 1. The van der Waals surface area contributed by atoms with Crippen molar-refractivity contribution in [1.82, 2.24) is 9.78 Å². The molecule has 0 aliphatic carbocycles. The van der Waals surface area contributed by atoms with Crippen molar-refractivity contribution in [3.63, 3.8) is 0 Å². The third-order valence-electron chi connectivity index (χ3n) is 2.47. The van der Waals surface area contributed by atoms with E-state index in [2.05, 4.69) is 12.0 Å². The molecular formula is C13H15FN2O2. The third-order valence-corrected chi connectivity index (χ3v) is 2.47. The van der Waals surface area contributed by atoms with Crippen LogP contribution >= 0.6 is 0 Å². The fraction of sp³-hybridized carbons (Fsp3) is 0.308. The summed E-state index contributed by atoms with van der Waals surface area (Å²) < 4.78 is 20.8. The molecule has 0 bridgehead atoms. The summed E-state index contributed by atoms with van der Waals surface area (Å²) in [7, 11) is 0. The number of ether oxygens (including phenoxy) is 1. The molecule has 0 amide bonds. The second-order valence-corrected chi connectivity index (χ2v) is 3.96. The third kappa shape index (κ3) is 2.87. The average molecular weight is 250 g/mol. The minimum Gasteiger partial charge on any atom is -0.451 e. The fourth-order valence-electron chi connectivity index (χ4n) is 1.60. The molecule has 5 heteroatoms. The molecule has 0 saturated carbocycles. The van der Waals surface area contributed by atoms with Crippen LogP contribution in [0.5, 0.6) is 11.5 Å². The zero-order valence-electron chi connectivity index (χ0n) is 10.1. The van der Waals surface area contributed by atoms with Gasteiger partial charge in [0, 0.05) is 6.54 Å². The number of aliphatic hydroxyl groups excluding tert-OH is 1. The van der Waals surface area contributed by atoms with Crippen molar-refractivity contribution < 1.29 is 14.2 Å². The summed E-state index contributed by atoms with van der Waals surface area (Å²) in [5.74, 6) is 0.132. The molecule has 0 fully saturated rings. The molecule has 1 heterocycles. The van der Waals surface area contributed by atoms with Gasteiger partial charge in [0.15, 0.2) is 17.3 Å². The lowest BCUT2D eigenvalue weighted by Crippen LogP contribution is -1.95. The van der Waals surface area contributed by atoms with E-state index >= 15 is 0 Å². The van der Waals surface area contributed by atoms with E-state index in [0.29, 0.717) is 11.3 Å². The smallest absolute Gasteiger partial charge is 0.166 e.